The predicted molar refractivity (Wildman–Crippen MR) is 66.1 cm³/mol. The van der Waals surface area contributed by atoms with Gasteiger partial charge in [0.25, 0.3) is 0 Å². The fourth-order valence-electron chi connectivity index (χ4n) is 1.49. The van der Waals surface area contributed by atoms with Crippen molar-refractivity contribution in [1.82, 2.24) is 0 Å². The molecule has 0 fully saturated rings. The molecule has 1 N–H and O–H groups in total. The van der Waals surface area contributed by atoms with E-state index in [2.05, 4.69) is 0 Å². The highest BCUT2D eigenvalue weighted by Gasteiger charge is 2.15. The maximum Gasteiger partial charge on any atom is 0.133 e. The van der Waals surface area contributed by atoms with E-state index in [0.717, 1.165) is 10.5 Å². The van der Waals surface area contributed by atoms with Gasteiger partial charge in [-0.3, -0.25) is 4.21 Å². The fraction of sp³-hybridized carbons (Fsp3) is 0.231. The van der Waals surface area contributed by atoms with Crippen molar-refractivity contribution in [2.75, 3.05) is 5.75 Å². The summed E-state index contributed by atoms with van der Waals surface area (Å²) < 4.78 is 17.0. The summed E-state index contributed by atoms with van der Waals surface area (Å²) >= 11 is 0. The molecule has 1 aromatic carbocycles. The van der Waals surface area contributed by atoms with Gasteiger partial charge in [-0.2, -0.15) is 0 Å². The van der Waals surface area contributed by atoms with Crippen LogP contribution in [-0.2, 0) is 10.8 Å². The van der Waals surface area contributed by atoms with E-state index in [4.69, 9.17) is 4.42 Å². The third-order valence-corrected chi connectivity index (χ3v) is 3.88. The summed E-state index contributed by atoms with van der Waals surface area (Å²) in [5.41, 5.74) is 1.12. The lowest BCUT2D eigenvalue weighted by Gasteiger charge is -2.07. The Labute approximate surface area is 103 Å². The lowest BCUT2D eigenvalue weighted by Crippen LogP contribution is -2.08. The molecule has 0 aliphatic carbocycles. The molecule has 2 rings (SSSR count). The minimum Gasteiger partial charge on any atom is -0.467 e. The summed E-state index contributed by atoms with van der Waals surface area (Å²) in [6, 6.07) is 10.8. The minimum atomic E-state index is -1.22. The van der Waals surface area contributed by atoms with Crippen LogP contribution in [0.25, 0.3) is 0 Å². The average Bonchev–Trinajstić information content (AvgIpc) is 2.83. The van der Waals surface area contributed by atoms with Gasteiger partial charge in [0.05, 0.1) is 22.8 Å². The second-order valence-electron chi connectivity index (χ2n) is 3.86. The van der Waals surface area contributed by atoms with Gasteiger partial charge in [0.2, 0.25) is 0 Å². The molecule has 0 bridgehead atoms. The van der Waals surface area contributed by atoms with Gasteiger partial charge in [0, 0.05) is 4.90 Å². The Morgan fingerprint density at radius 2 is 2.00 bits per heavy atom. The van der Waals surface area contributed by atoms with Crippen LogP contribution in [0, 0.1) is 6.92 Å². The van der Waals surface area contributed by atoms with Crippen molar-refractivity contribution in [3.8, 4) is 0 Å². The van der Waals surface area contributed by atoms with Crippen molar-refractivity contribution in [2.24, 2.45) is 0 Å². The number of hydrogen-bond donors (Lipinski definition) is 1. The SMILES string of the molecule is Cc1ccc([S@](=O)C[C@@H](O)c2ccco2)cc1. The molecule has 2 aromatic rings. The van der Waals surface area contributed by atoms with Crippen LogP contribution in [-0.4, -0.2) is 15.1 Å². The van der Waals surface area contributed by atoms with E-state index in [-0.39, 0.29) is 5.75 Å². The van der Waals surface area contributed by atoms with Crippen molar-refractivity contribution < 1.29 is 13.7 Å². The zero-order valence-corrected chi connectivity index (χ0v) is 10.3. The lowest BCUT2D eigenvalue weighted by molar-refractivity contribution is 0.173. The van der Waals surface area contributed by atoms with Gasteiger partial charge >= 0.3 is 0 Å². The van der Waals surface area contributed by atoms with E-state index in [0.29, 0.717) is 5.76 Å². The molecule has 17 heavy (non-hydrogen) atoms. The first-order chi connectivity index (χ1) is 8.16. The number of furan rings is 1. The Kier molecular flexibility index (Phi) is 3.76. The summed E-state index contributed by atoms with van der Waals surface area (Å²) in [4.78, 5) is 0.723. The second kappa shape index (κ2) is 5.29. The summed E-state index contributed by atoms with van der Waals surface area (Å²) in [6.07, 6.45) is 0.667. The van der Waals surface area contributed by atoms with Crippen molar-refractivity contribution >= 4 is 10.8 Å². The molecule has 0 unspecified atom stereocenters. The van der Waals surface area contributed by atoms with E-state index >= 15 is 0 Å². The molecular weight excluding hydrogens is 236 g/mol. The van der Waals surface area contributed by atoms with Gasteiger partial charge in [0.15, 0.2) is 0 Å². The monoisotopic (exact) mass is 250 g/mol. The third kappa shape index (κ3) is 3.05. The smallest absolute Gasteiger partial charge is 0.133 e. The van der Waals surface area contributed by atoms with Crippen molar-refractivity contribution in [2.45, 2.75) is 17.9 Å². The topological polar surface area (TPSA) is 50.4 Å². The molecule has 3 nitrogen and oxygen atoms in total. The molecule has 1 heterocycles. The number of aliphatic hydroxyl groups is 1. The van der Waals surface area contributed by atoms with Gasteiger partial charge in [-0.05, 0) is 31.2 Å². The first kappa shape index (κ1) is 12.1. The molecule has 2 atom stereocenters. The van der Waals surface area contributed by atoms with E-state index in [9.17, 15) is 9.32 Å². The highest BCUT2D eigenvalue weighted by Crippen LogP contribution is 2.17. The molecular formula is C13H14O3S. The van der Waals surface area contributed by atoms with E-state index < -0.39 is 16.9 Å². The molecule has 90 valence electrons. The van der Waals surface area contributed by atoms with E-state index in [1.165, 1.54) is 6.26 Å². The highest BCUT2D eigenvalue weighted by molar-refractivity contribution is 7.85. The van der Waals surface area contributed by atoms with Gasteiger partial charge in [-0.1, -0.05) is 17.7 Å². The van der Waals surface area contributed by atoms with Gasteiger partial charge in [0.1, 0.15) is 11.9 Å². The minimum absolute atomic E-state index is 0.149. The maximum absolute atomic E-state index is 12.0. The number of hydrogen-bond acceptors (Lipinski definition) is 3. The summed E-state index contributed by atoms with van der Waals surface area (Å²) in [5, 5.41) is 9.81. The molecule has 0 spiro atoms. The van der Waals surface area contributed by atoms with Gasteiger partial charge in [-0.15, -0.1) is 0 Å². The van der Waals surface area contributed by atoms with Gasteiger partial charge < -0.3 is 9.52 Å². The Morgan fingerprint density at radius 1 is 1.29 bits per heavy atom. The molecule has 0 saturated heterocycles. The van der Waals surface area contributed by atoms with Crippen molar-refractivity contribution in [1.29, 1.82) is 0 Å². The van der Waals surface area contributed by atoms with Crippen LogP contribution in [0.5, 0.6) is 0 Å². The van der Waals surface area contributed by atoms with Crippen molar-refractivity contribution in [3.63, 3.8) is 0 Å². The van der Waals surface area contributed by atoms with Crippen LogP contribution < -0.4 is 0 Å². The van der Waals surface area contributed by atoms with Crippen molar-refractivity contribution in [3.05, 3.63) is 54.0 Å². The molecule has 0 saturated carbocycles. The normalized spacial score (nSPS) is 14.5. The zero-order chi connectivity index (χ0) is 12.3. The molecule has 0 aliphatic rings. The second-order valence-corrected chi connectivity index (χ2v) is 5.35. The first-order valence-electron chi connectivity index (χ1n) is 5.33. The number of rotatable bonds is 4. The van der Waals surface area contributed by atoms with E-state index in [1.807, 2.05) is 31.2 Å². The van der Waals surface area contributed by atoms with Crippen LogP contribution in [0.2, 0.25) is 0 Å². The fourth-order valence-corrected chi connectivity index (χ4v) is 2.58. The lowest BCUT2D eigenvalue weighted by atomic mass is 10.2. The van der Waals surface area contributed by atoms with Crippen LogP contribution in [0.15, 0.2) is 52.0 Å². The first-order valence-corrected chi connectivity index (χ1v) is 6.65. The Hall–Kier alpha value is -1.39. The molecule has 0 radical (unpaired) electrons. The maximum atomic E-state index is 12.0. The predicted octanol–water partition coefficient (Wildman–Crippen LogP) is 2.43. The van der Waals surface area contributed by atoms with Crippen LogP contribution in [0.4, 0.5) is 0 Å². The Bertz CT molecular complexity index is 488. The Morgan fingerprint density at radius 3 is 2.59 bits per heavy atom. The molecule has 1 aromatic heterocycles. The summed E-state index contributed by atoms with van der Waals surface area (Å²) in [5.74, 6) is 0.599. The highest BCUT2D eigenvalue weighted by atomic mass is 32.2. The Balaban J connectivity index is 2.04. The standard InChI is InChI=1S/C13H14O3S/c1-10-4-6-11(7-5-10)17(15)9-12(14)13-3-2-8-16-13/h2-8,12,14H,9H2,1H3/t12-,17-/m1/s1. The number of aryl methyl sites for hydroxylation is 1. The quantitative estimate of drug-likeness (QED) is 0.906. The molecule has 0 aliphatic heterocycles. The average molecular weight is 250 g/mol. The third-order valence-electron chi connectivity index (χ3n) is 2.46. The summed E-state index contributed by atoms with van der Waals surface area (Å²) in [7, 11) is -1.22. The molecule has 4 heteroatoms. The van der Waals surface area contributed by atoms with Crippen LogP contribution in [0.1, 0.15) is 17.4 Å². The largest absolute Gasteiger partial charge is 0.467 e. The van der Waals surface area contributed by atoms with Crippen LogP contribution >= 0.6 is 0 Å². The van der Waals surface area contributed by atoms with E-state index in [1.54, 1.807) is 12.1 Å². The number of benzene rings is 1. The molecule has 0 amide bonds. The van der Waals surface area contributed by atoms with Crippen LogP contribution in [0.3, 0.4) is 0 Å². The number of aliphatic hydroxyl groups excluding tert-OH is 1. The summed E-state index contributed by atoms with van der Waals surface area (Å²) in [6.45, 7) is 1.98. The van der Waals surface area contributed by atoms with Gasteiger partial charge in [-0.25, -0.2) is 0 Å². The zero-order valence-electron chi connectivity index (χ0n) is 9.50.